The molecule has 0 aromatic heterocycles. The van der Waals surface area contributed by atoms with Crippen LogP contribution in [0.25, 0.3) is 6.08 Å². The molecule has 4 heteroatoms. The average molecular weight is 203 g/mol. The Labute approximate surface area is 86.0 Å². The first kappa shape index (κ1) is 9.45. The van der Waals surface area contributed by atoms with Gasteiger partial charge in [0.05, 0.1) is 11.5 Å². The number of nitrogens with two attached hydrogens (primary N) is 1. The fourth-order valence-corrected chi connectivity index (χ4v) is 1.82. The van der Waals surface area contributed by atoms with Crippen molar-refractivity contribution >= 4 is 18.0 Å². The van der Waals surface area contributed by atoms with E-state index in [0.29, 0.717) is 5.56 Å². The molecule has 76 valence electrons. The fraction of sp³-hybridized carbons (Fsp3) is 0.0909. The lowest BCUT2D eigenvalue weighted by Crippen LogP contribution is -2.24. The standard InChI is InChI=1S/C11H9NO3/c12-10(13)9-7-4-2-1-3-6(7)5-8(9)11(14)15/h1-5,9H,(H2,12,13)(H,14,15). The molecule has 1 aliphatic rings. The van der Waals surface area contributed by atoms with Crippen molar-refractivity contribution in [3.8, 4) is 0 Å². The van der Waals surface area contributed by atoms with Gasteiger partial charge in [-0.25, -0.2) is 4.79 Å². The molecule has 0 bridgehead atoms. The summed E-state index contributed by atoms with van der Waals surface area (Å²) in [5, 5.41) is 8.93. The van der Waals surface area contributed by atoms with E-state index in [1.807, 2.05) is 0 Å². The molecule has 4 nitrogen and oxygen atoms in total. The molecular weight excluding hydrogens is 194 g/mol. The first-order valence-corrected chi connectivity index (χ1v) is 4.44. The highest BCUT2D eigenvalue weighted by Gasteiger charge is 2.33. The monoisotopic (exact) mass is 203 g/mol. The number of rotatable bonds is 2. The number of hydrogen-bond donors (Lipinski definition) is 2. The summed E-state index contributed by atoms with van der Waals surface area (Å²) < 4.78 is 0. The third-order valence-corrected chi connectivity index (χ3v) is 2.46. The summed E-state index contributed by atoms with van der Waals surface area (Å²) in [4.78, 5) is 22.1. The minimum atomic E-state index is -1.10. The number of carboxylic acid groups (broad SMARTS) is 1. The second-order valence-corrected chi connectivity index (χ2v) is 3.37. The van der Waals surface area contributed by atoms with E-state index in [4.69, 9.17) is 10.8 Å². The summed E-state index contributed by atoms with van der Waals surface area (Å²) in [6.07, 6.45) is 1.49. The molecule has 0 saturated carbocycles. The molecule has 2 rings (SSSR count). The van der Waals surface area contributed by atoms with Crippen molar-refractivity contribution in [2.45, 2.75) is 5.92 Å². The molecule has 0 fully saturated rings. The zero-order chi connectivity index (χ0) is 11.0. The Bertz CT molecular complexity index is 476. The zero-order valence-electron chi connectivity index (χ0n) is 7.81. The van der Waals surface area contributed by atoms with Crippen LogP contribution in [0, 0.1) is 0 Å². The van der Waals surface area contributed by atoms with Crippen LogP contribution in [-0.4, -0.2) is 17.0 Å². The van der Waals surface area contributed by atoms with Crippen LogP contribution in [0.3, 0.4) is 0 Å². The summed E-state index contributed by atoms with van der Waals surface area (Å²) in [5.74, 6) is -2.55. The Morgan fingerprint density at radius 1 is 1.27 bits per heavy atom. The molecule has 1 aromatic carbocycles. The molecule has 1 aromatic rings. The van der Waals surface area contributed by atoms with Crippen molar-refractivity contribution in [1.82, 2.24) is 0 Å². The van der Waals surface area contributed by atoms with Gasteiger partial charge in [0, 0.05) is 0 Å². The highest BCUT2D eigenvalue weighted by atomic mass is 16.4. The normalized spacial score (nSPS) is 18.1. The minimum absolute atomic E-state index is 0.0451. The van der Waals surface area contributed by atoms with Crippen LogP contribution in [0.4, 0.5) is 0 Å². The topological polar surface area (TPSA) is 80.4 Å². The summed E-state index contributed by atoms with van der Waals surface area (Å²) in [5.41, 5.74) is 6.66. The Balaban J connectivity index is 2.56. The zero-order valence-corrected chi connectivity index (χ0v) is 7.81. The van der Waals surface area contributed by atoms with Crippen LogP contribution in [0.15, 0.2) is 29.8 Å². The van der Waals surface area contributed by atoms with Gasteiger partial charge < -0.3 is 10.8 Å². The van der Waals surface area contributed by atoms with Crippen LogP contribution < -0.4 is 5.73 Å². The van der Waals surface area contributed by atoms with Crippen molar-refractivity contribution in [3.63, 3.8) is 0 Å². The Morgan fingerprint density at radius 3 is 2.53 bits per heavy atom. The highest BCUT2D eigenvalue weighted by Crippen LogP contribution is 2.35. The predicted octanol–water partition coefficient (Wildman–Crippen LogP) is 0.737. The number of carbonyl (C=O) groups is 2. The molecule has 1 aliphatic carbocycles. The number of fused-ring (bicyclic) bond motifs is 1. The molecule has 0 radical (unpaired) electrons. The SMILES string of the molecule is NC(=O)C1C(C(=O)O)=Cc2ccccc21. The van der Waals surface area contributed by atoms with Crippen LogP contribution in [0.5, 0.6) is 0 Å². The lowest BCUT2D eigenvalue weighted by molar-refractivity contribution is -0.134. The van der Waals surface area contributed by atoms with Gasteiger partial charge in [0.15, 0.2) is 0 Å². The summed E-state index contributed by atoms with van der Waals surface area (Å²) in [6.45, 7) is 0. The van der Waals surface area contributed by atoms with Gasteiger partial charge in [0.25, 0.3) is 0 Å². The van der Waals surface area contributed by atoms with Gasteiger partial charge in [-0.05, 0) is 17.2 Å². The van der Waals surface area contributed by atoms with Crippen LogP contribution in [0.2, 0.25) is 0 Å². The number of carbonyl (C=O) groups excluding carboxylic acids is 1. The Hall–Kier alpha value is -2.10. The van der Waals surface area contributed by atoms with Gasteiger partial charge in [0.2, 0.25) is 5.91 Å². The Morgan fingerprint density at radius 2 is 1.93 bits per heavy atom. The molecule has 15 heavy (non-hydrogen) atoms. The smallest absolute Gasteiger partial charge is 0.332 e. The van der Waals surface area contributed by atoms with Gasteiger partial charge in [-0.3, -0.25) is 4.79 Å². The van der Waals surface area contributed by atoms with Crippen LogP contribution in [-0.2, 0) is 9.59 Å². The van der Waals surface area contributed by atoms with E-state index in [-0.39, 0.29) is 5.57 Å². The lowest BCUT2D eigenvalue weighted by Gasteiger charge is -2.09. The van der Waals surface area contributed by atoms with E-state index in [0.717, 1.165) is 5.56 Å². The summed E-state index contributed by atoms with van der Waals surface area (Å²) >= 11 is 0. The first-order valence-electron chi connectivity index (χ1n) is 4.44. The van der Waals surface area contributed by atoms with E-state index >= 15 is 0 Å². The molecule has 0 spiro atoms. The quantitative estimate of drug-likeness (QED) is 0.743. The van der Waals surface area contributed by atoms with Crippen molar-refractivity contribution in [2.24, 2.45) is 5.73 Å². The maximum atomic E-state index is 11.2. The molecule has 1 unspecified atom stereocenters. The van der Waals surface area contributed by atoms with Crippen molar-refractivity contribution in [3.05, 3.63) is 41.0 Å². The van der Waals surface area contributed by atoms with Crippen LogP contribution in [0.1, 0.15) is 17.0 Å². The predicted molar refractivity (Wildman–Crippen MR) is 54.0 cm³/mol. The van der Waals surface area contributed by atoms with E-state index in [1.165, 1.54) is 6.08 Å². The van der Waals surface area contributed by atoms with Crippen molar-refractivity contribution in [1.29, 1.82) is 0 Å². The van der Waals surface area contributed by atoms with Gasteiger partial charge >= 0.3 is 5.97 Å². The maximum Gasteiger partial charge on any atom is 0.332 e. The molecule has 1 amide bonds. The average Bonchev–Trinajstić information content (AvgIpc) is 2.56. The van der Waals surface area contributed by atoms with Gasteiger partial charge in [-0.1, -0.05) is 24.3 Å². The number of hydrogen-bond acceptors (Lipinski definition) is 2. The Kier molecular flexibility index (Phi) is 2.04. The summed E-state index contributed by atoms with van der Waals surface area (Å²) in [7, 11) is 0. The number of amides is 1. The van der Waals surface area contributed by atoms with Crippen LogP contribution >= 0.6 is 0 Å². The molecule has 0 aliphatic heterocycles. The fourth-order valence-electron chi connectivity index (χ4n) is 1.82. The van der Waals surface area contributed by atoms with E-state index in [2.05, 4.69) is 0 Å². The largest absolute Gasteiger partial charge is 0.478 e. The molecular formula is C11H9NO3. The number of carboxylic acids is 1. The number of aliphatic carboxylic acids is 1. The van der Waals surface area contributed by atoms with Gasteiger partial charge in [0.1, 0.15) is 0 Å². The van der Waals surface area contributed by atoms with E-state index in [9.17, 15) is 9.59 Å². The minimum Gasteiger partial charge on any atom is -0.478 e. The highest BCUT2D eigenvalue weighted by molar-refractivity contribution is 6.05. The lowest BCUT2D eigenvalue weighted by atomic mass is 9.95. The molecule has 3 N–H and O–H groups in total. The van der Waals surface area contributed by atoms with Crippen molar-refractivity contribution < 1.29 is 14.7 Å². The second kappa shape index (κ2) is 3.24. The number of primary amides is 1. The van der Waals surface area contributed by atoms with E-state index in [1.54, 1.807) is 24.3 Å². The third kappa shape index (κ3) is 1.40. The van der Waals surface area contributed by atoms with E-state index < -0.39 is 17.8 Å². The molecule has 0 heterocycles. The second-order valence-electron chi connectivity index (χ2n) is 3.37. The van der Waals surface area contributed by atoms with Crippen molar-refractivity contribution in [2.75, 3.05) is 0 Å². The summed E-state index contributed by atoms with van der Waals surface area (Å²) in [6, 6.07) is 7.03. The molecule has 1 atom stereocenters. The van der Waals surface area contributed by atoms with Gasteiger partial charge in [-0.15, -0.1) is 0 Å². The number of benzene rings is 1. The van der Waals surface area contributed by atoms with Gasteiger partial charge in [-0.2, -0.15) is 0 Å². The maximum absolute atomic E-state index is 11.2. The first-order chi connectivity index (χ1) is 7.11. The molecule has 0 saturated heterocycles. The third-order valence-electron chi connectivity index (χ3n) is 2.46.